The third kappa shape index (κ3) is 4.74. The topological polar surface area (TPSA) is 66.0 Å². The van der Waals surface area contributed by atoms with Crippen molar-refractivity contribution in [3.8, 4) is 23.0 Å². The number of benzene rings is 2. The number of thiophene rings is 1. The molecule has 0 radical (unpaired) electrons. The Hall–Kier alpha value is -3.04. The Bertz CT molecular complexity index is 1080. The van der Waals surface area contributed by atoms with Crippen LogP contribution in [0.4, 0.5) is 14.5 Å². The van der Waals surface area contributed by atoms with Crippen LogP contribution in [0.1, 0.15) is 15.2 Å². The summed E-state index contributed by atoms with van der Waals surface area (Å²) in [5.41, 5.74) is 1.18. The Morgan fingerprint density at radius 3 is 2.80 bits per heavy atom. The normalized spacial score (nSPS) is 12.1. The summed E-state index contributed by atoms with van der Waals surface area (Å²) in [6, 6.07) is 11.0. The van der Waals surface area contributed by atoms with Crippen LogP contribution in [0.3, 0.4) is 0 Å². The van der Waals surface area contributed by atoms with Crippen LogP contribution in [0.15, 0.2) is 47.8 Å². The van der Waals surface area contributed by atoms with Gasteiger partial charge in [-0.1, -0.05) is 11.6 Å². The summed E-state index contributed by atoms with van der Waals surface area (Å²) in [6.45, 7) is -2.52. The van der Waals surface area contributed by atoms with Crippen molar-refractivity contribution < 1.29 is 32.5 Å². The number of halogens is 3. The molecular weight excluding hydrogens is 440 g/mol. The molecule has 4 rings (SSSR count). The fourth-order valence-corrected chi connectivity index (χ4v) is 3.68. The summed E-state index contributed by atoms with van der Waals surface area (Å²) in [6.07, 6.45) is 0. The smallest absolute Gasteiger partial charge is 0.387 e. The molecule has 0 atom stereocenters. The van der Waals surface area contributed by atoms with Crippen LogP contribution in [-0.4, -0.2) is 19.3 Å². The van der Waals surface area contributed by atoms with Gasteiger partial charge >= 0.3 is 6.61 Å². The van der Waals surface area contributed by atoms with Gasteiger partial charge in [0, 0.05) is 17.3 Å². The molecule has 156 valence electrons. The number of fused-ring (bicyclic) bond motifs is 1. The molecule has 1 aromatic heterocycles. The third-order valence-electron chi connectivity index (χ3n) is 4.03. The Morgan fingerprint density at radius 1 is 1.17 bits per heavy atom. The van der Waals surface area contributed by atoms with E-state index in [1.54, 1.807) is 24.3 Å². The second-order valence-corrected chi connectivity index (χ2v) is 7.42. The molecule has 2 heterocycles. The summed E-state index contributed by atoms with van der Waals surface area (Å²) in [5.74, 6) is 1.40. The van der Waals surface area contributed by atoms with Crippen molar-refractivity contribution in [2.75, 3.05) is 12.1 Å². The Kier molecular flexibility index (Phi) is 5.91. The van der Waals surface area contributed by atoms with Crippen LogP contribution < -0.4 is 24.3 Å². The average Bonchev–Trinajstić information content (AvgIpc) is 3.37. The standard InChI is InChI=1S/C20H14ClF2NO5S/c21-14-6-12(1-3-15(14)29-20(22)23)24-19(25)18-5-11(9-30-18)8-26-13-2-4-16-17(7-13)28-10-27-16/h1-7,9,20H,8,10H2,(H,24,25). The molecule has 0 bridgehead atoms. The maximum atomic E-state index is 12.4. The van der Waals surface area contributed by atoms with Crippen LogP contribution in [0.5, 0.6) is 23.0 Å². The Labute approximate surface area is 178 Å². The van der Waals surface area contributed by atoms with E-state index in [9.17, 15) is 13.6 Å². The first-order valence-corrected chi connectivity index (χ1v) is 9.89. The summed E-state index contributed by atoms with van der Waals surface area (Å²) < 4.78 is 45.2. The first kappa shape index (κ1) is 20.2. The van der Waals surface area contributed by atoms with Crippen LogP contribution >= 0.6 is 22.9 Å². The molecule has 0 aliphatic carbocycles. The van der Waals surface area contributed by atoms with Gasteiger partial charge in [-0.3, -0.25) is 4.79 Å². The summed E-state index contributed by atoms with van der Waals surface area (Å²) in [5, 5.41) is 4.45. The maximum Gasteiger partial charge on any atom is 0.387 e. The average molecular weight is 454 g/mol. The zero-order valence-electron chi connectivity index (χ0n) is 15.2. The van der Waals surface area contributed by atoms with Crippen molar-refractivity contribution in [3.63, 3.8) is 0 Å². The minimum absolute atomic E-state index is 0.0305. The lowest BCUT2D eigenvalue weighted by molar-refractivity contribution is -0.0497. The van der Waals surface area contributed by atoms with Gasteiger partial charge in [-0.25, -0.2) is 0 Å². The molecule has 6 nitrogen and oxygen atoms in total. The molecule has 0 saturated carbocycles. The largest absolute Gasteiger partial charge is 0.489 e. The number of hydrogen-bond donors (Lipinski definition) is 1. The van der Waals surface area contributed by atoms with Gasteiger partial charge in [-0.15, -0.1) is 11.3 Å². The fraction of sp³-hybridized carbons (Fsp3) is 0.150. The van der Waals surface area contributed by atoms with Crippen molar-refractivity contribution in [2.24, 2.45) is 0 Å². The SMILES string of the molecule is O=C(Nc1ccc(OC(F)F)c(Cl)c1)c1cc(COc2ccc3c(c2)OCO3)cs1. The lowest BCUT2D eigenvalue weighted by Crippen LogP contribution is -2.10. The van der Waals surface area contributed by atoms with E-state index < -0.39 is 6.61 Å². The number of ether oxygens (including phenoxy) is 4. The highest BCUT2D eigenvalue weighted by atomic mass is 35.5. The van der Waals surface area contributed by atoms with E-state index in [0.29, 0.717) is 27.8 Å². The molecule has 3 aromatic rings. The van der Waals surface area contributed by atoms with Gasteiger partial charge < -0.3 is 24.3 Å². The molecule has 10 heteroatoms. The van der Waals surface area contributed by atoms with Crippen molar-refractivity contribution in [1.29, 1.82) is 0 Å². The lowest BCUT2D eigenvalue weighted by atomic mass is 10.2. The molecule has 1 aliphatic rings. The minimum Gasteiger partial charge on any atom is -0.489 e. The van der Waals surface area contributed by atoms with Gasteiger partial charge in [0.05, 0.1) is 9.90 Å². The number of alkyl halides is 2. The van der Waals surface area contributed by atoms with Gasteiger partial charge in [0.25, 0.3) is 5.91 Å². The monoisotopic (exact) mass is 453 g/mol. The first-order chi connectivity index (χ1) is 14.5. The van der Waals surface area contributed by atoms with E-state index in [1.807, 2.05) is 5.38 Å². The third-order valence-corrected chi connectivity index (χ3v) is 5.31. The number of rotatable bonds is 7. The van der Waals surface area contributed by atoms with E-state index >= 15 is 0 Å². The fourth-order valence-electron chi connectivity index (χ4n) is 2.67. The number of hydrogen-bond acceptors (Lipinski definition) is 6. The second kappa shape index (κ2) is 8.76. The van der Waals surface area contributed by atoms with E-state index in [-0.39, 0.29) is 30.1 Å². The van der Waals surface area contributed by atoms with Crippen LogP contribution in [0, 0.1) is 0 Å². The molecule has 0 fully saturated rings. The van der Waals surface area contributed by atoms with Gasteiger partial charge in [-0.2, -0.15) is 8.78 Å². The number of carbonyl (C=O) groups excluding carboxylic acids is 1. The summed E-state index contributed by atoms with van der Waals surface area (Å²) >= 11 is 7.16. The molecule has 1 N–H and O–H groups in total. The molecule has 1 aliphatic heterocycles. The van der Waals surface area contributed by atoms with E-state index in [0.717, 1.165) is 5.56 Å². The van der Waals surface area contributed by atoms with Crippen molar-refractivity contribution in [1.82, 2.24) is 0 Å². The highest BCUT2D eigenvalue weighted by Gasteiger charge is 2.15. The van der Waals surface area contributed by atoms with Crippen LogP contribution in [0.2, 0.25) is 5.02 Å². The van der Waals surface area contributed by atoms with Gasteiger partial charge in [0.1, 0.15) is 18.1 Å². The van der Waals surface area contributed by atoms with Gasteiger partial charge in [-0.05, 0) is 41.8 Å². The number of nitrogens with one attached hydrogen (secondary N) is 1. The first-order valence-electron chi connectivity index (χ1n) is 8.63. The maximum absolute atomic E-state index is 12.4. The molecule has 30 heavy (non-hydrogen) atoms. The zero-order chi connectivity index (χ0) is 21.1. The second-order valence-electron chi connectivity index (χ2n) is 6.10. The molecule has 0 saturated heterocycles. The molecule has 0 unspecified atom stereocenters. The zero-order valence-corrected chi connectivity index (χ0v) is 16.8. The highest BCUT2D eigenvalue weighted by molar-refractivity contribution is 7.12. The summed E-state index contributed by atoms with van der Waals surface area (Å²) in [7, 11) is 0. The number of carbonyl (C=O) groups is 1. The van der Waals surface area contributed by atoms with Crippen molar-refractivity contribution in [3.05, 3.63) is 63.3 Å². The molecule has 0 spiro atoms. The van der Waals surface area contributed by atoms with E-state index in [4.69, 9.17) is 25.8 Å². The number of amides is 1. The molecule has 2 aromatic carbocycles. The molecule has 1 amide bonds. The van der Waals surface area contributed by atoms with Crippen molar-refractivity contribution in [2.45, 2.75) is 13.2 Å². The summed E-state index contributed by atoms with van der Waals surface area (Å²) in [4.78, 5) is 12.9. The van der Waals surface area contributed by atoms with E-state index in [2.05, 4.69) is 10.1 Å². The quantitative estimate of drug-likeness (QED) is 0.507. The highest BCUT2D eigenvalue weighted by Crippen LogP contribution is 2.35. The van der Waals surface area contributed by atoms with E-state index in [1.165, 1.54) is 29.5 Å². The number of anilines is 1. The Balaban J connectivity index is 1.35. The van der Waals surface area contributed by atoms with Crippen LogP contribution in [-0.2, 0) is 6.61 Å². The van der Waals surface area contributed by atoms with Gasteiger partial charge in [0.2, 0.25) is 6.79 Å². The lowest BCUT2D eigenvalue weighted by Gasteiger charge is -2.09. The van der Waals surface area contributed by atoms with Crippen LogP contribution in [0.25, 0.3) is 0 Å². The molecular formula is C20H14ClF2NO5S. The minimum atomic E-state index is -2.98. The van der Waals surface area contributed by atoms with Gasteiger partial charge in [0.15, 0.2) is 11.5 Å². The van der Waals surface area contributed by atoms with Crippen molar-refractivity contribution >= 4 is 34.5 Å². The predicted molar refractivity (Wildman–Crippen MR) is 107 cm³/mol. The predicted octanol–water partition coefficient (Wildman–Crippen LogP) is 5.56. The Morgan fingerprint density at radius 2 is 2.00 bits per heavy atom.